The van der Waals surface area contributed by atoms with E-state index in [2.05, 4.69) is 6.07 Å². The van der Waals surface area contributed by atoms with Crippen LogP contribution in [0, 0.1) is 13.8 Å². The molecule has 4 heteroatoms. The summed E-state index contributed by atoms with van der Waals surface area (Å²) in [6, 6.07) is 15.9. The highest BCUT2D eigenvalue weighted by atomic mass is 16.2. The Bertz CT molecular complexity index is 1000. The van der Waals surface area contributed by atoms with Gasteiger partial charge in [-0.3, -0.25) is 14.5 Å². The van der Waals surface area contributed by atoms with Gasteiger partial charge >= 0.3 is 0 Å². The summed E-state index contributed by atoms with van der Waals surface area (Å²) in [4.78, 5) is 31.1. The van der Waals surface area contributed by atoms with Gasteiger partial charge in [-0.05, 0) is 49.9 Å². The average molecular weight is 417 g/mol. The van der Waals surface area contributed by atoms with E-state index >= 15 is 0 Å². The summed E-state index contributed by atoms with van der Waals surface area (Å²) < 4.78 is 0. The third-order valence-electron chi connectivity index (χ3n) is 6.66. The van der Waals surface area contributed by atoms with Gasteiger partial charge in [0.05, 0.1) is 5.57 Å². The van der Waals surface area contributed by atoms with E-state index in [4.69, 9.17) is 0 Å². The fourth-order valence-electron chi connectivity index (χ4n) is 4.99. The Morgan fingerprint density at radius 1 is 0.839 bits per heavy atom. The highest BCUT2D eigenvalue weighted by molar-refractivity contribution is 6.37. The van der Waals surface area contributed by atoms with E-state index in [1.807, 2.05) is 68.3 Å². The summed E-state index contributed by atoms with van der Waals surface area (Å²) in [6.45, 7) is 4.07. The van der Waals surface area contributed by atoms with Gasteiger partial charge in [-0.25, -0.2) is 0 Å². The zero-order chi connectivity index (χ0) is 22.0. The molecule has 0 saturated heterocycles. The molecule has 0 radical (unpaired) electrons. The Kier molecular flexibility index (Phi) is 6.26. The molecule has 2 aromatic rings. The number of para-hydroxylation sites is 1. The molecule has 0 N–H and O–H groups in total. The van der Waals surface area contributed by atoms with Gasteiger partial charge in [-0.2, -0.15) is 0 Å². The zero-order valence-corrected chi connectivity index (χ0v) is 18.9. The van der Waals surface area contributed by atoms with Crippen LogP contribution < -0.4 is 4.90 Å². The fraction of sp³-hybridized carbons (Fsp3) is 0.407. The molecular weight excluding hydrogens is 384 g/mol. The van der Waals surface area contributed by atoms with Gasteiger partial charge in [0.25, 0.3) is 11.8 Å². The Morgan fingerprint density at radius 2 is 1.48 bits per heavy atom. The van der Waals surface area contributed by atoms with E-state index < -0.39 is 0 Å². The van der Waals surface area contributed by atoms with Gasteiger partial charge in [0.2, 0.25) is 0 Å². The van der Waals surface area contributed by atoms with Gasteiger partial charge in [0.1, 0.15) is 5.70 Å². The summed E-state index contributed by atoms with van der Waals surface area (Å²) in [6.07, 6.45) is 7.57. The van der Waals surface area contributed by atoms with Crippen molar-refractivity contribution < 1.29 is 9.59 Å². The Morgan fingerprint density at radius 3 is 2.13 bits per heavy atom. The highest BCUT2D eigenvalue weighted by Gasteiger charge is 2.44. The van der Waals surface area contributed by atoms with Crippen LogP contribution in [0.1, 0.15) is 61.6 Å². The number of anilines is 1. The summed E-state index contributed by atoms with van der Waals surface area (Å²) in [5, 5.41) is 0. The number of likely N-dealkylation sites (N-methyl/N-ethyl adjacent to an activating group) is 1. The Balaban J connectivity index is 1.81. The molecule has 0 atom stereocenters. The number of hydrogen-bond acceptors (Lipinski definition) is 3. The second kappa shape index (κ2) is 9.09. The first-order valence-electron chi connectivity index (χ1n) is 11.5. The zero-order valence-electron chi connectivity index (χ0n) is 18.9. The first kappa shape index (κ1) is 21.4. The van der Waals surface area contributed by atoms with Crippen LogP contribution in [0.3, 0.4) is 0 Å². The maximum Gasteiger partial charge on any atom is 0.278 e. The molecule has 0 bridgehead atoms. The van der Waals surface area contributed by atoms with Crippen LogP contribution in [0.4, 0.5) is 5.69 Å². The lowest BCUT2D eigenvalue weighted by molar-refractivity contribution is -0.140. The summed E-state index contributed by atoms with van der Waals surface area (Å²) in [7, 11) is 1.89. The standard InChI is InChI=1S/C27H32N2O2/c1-19-16-17-23(20(2)18-19)24-25(28(3)21-12-10-7-11-13-21)27(31)29(26(24)30)22-14-8-5-4-6-9-15-22/h7,10-13,16-18,22H,4-6,8-9,14-15H2,1-3H3. The van der Waals surface area contributed by atoms with E-state index in [0.29, 0.717) is 11.3 Å². The molecule has 1 aliphatic carbocycles. The summed E-state index contributed by atoms with van der Waals surface area (Å²) in [5.74, 6) is -0.294. The number of imide groups is 1. The van der Waals surface area contributed by atoms with Crippen molar-refractivity contribution in [2.24, 2.45) is 0 Å². The molecule has 4 nitrogen and oxygen atoms in total. The number of nitrogens with zero attached hydrogens (tertiary/aromatic N) is 2. The van der Waals surface area contributed by atoms with Crippen molar-refractivity contribution in [3.8, 4) is 0 Å². The smallest absolute Gasteiger partial charge is 0.278 e. The third-order valence-corrected chi connectivity index (χ3v) is 6.66. The number of hydrogen-bond donors (Lipinski definition) is 0. The monoisotopic (exact) mass is 416 g/mol. The normalized spacial score (nSPS) is 18.4. The number of aryl methyl sites for hydroxylation is 2. The lowest BCUT2D eigenvalue weighted by Gasteiger charge is -2.29. The van der Waals surface area contributed by atoms with Crippen molar-refractivity contribution >= 4 is 23.1 Å². The van der Waals surface area contributed by atoms with Crippen molar-refractivity contribution in [2.45, 2.75) is 64.8 Å². The third kappa shape index (κ3) is 4.16. The molecule has 31 heavy (non-hydrogen) atoms. The van der Waals surface area contributed by atoms with E-state index in [1.54, 1.807) is 4.90 Å². The predicted molar refractivity (Wildman–Crippen MR) is 126 cm³/mol. The van der Waals surface area contributed by atoms with Crippen LogP contribution in [0.25, 0.3) is 5.57 Å². The second-order valence-corrected chi connectivity index (χ2v) is 8.92. The lowest BCUT2D eigenvalue weighted by Crippen LogP contribution is -2.42. The molecule has 0 aromatic heterocycles. The van der Waals surface area contributed by atoms with Gasteiger partial charge in [0.15, 0.2) is 0 Å². The number of amides is 2. The van der Waals surface area contributed by atoms with Crippen molar-refractivity contribution in [3.63, 3.8) is 0 Å². The quantitative estimate of drug-likeness (QED) is 0.606. The first-order valence-corrected chi connectivity index (χ1v) is 11.5. The molecule has 2 aromatic carbocycles. The molecule has 162 valence electrons. The molecule has 0 unspecified atom stereocenters. The topological polar surface area (TPSA) is 40.6 Å². The molecule has 1 saturated carbocycles. The highest BCUT2D eigenvalue weighted by Crippen LogP contribution is 2.37. The lowest BCUT2D eigenvalue weighted by atomic mass is 9.95. The van der Waals surface area contributed by atoms with Gasteiger partial charge in [-0.1, -0.05) is 74.1 Å². The van der Waals surface area contributed by atoms with E-state index in [1.165, 1.54) is 19.3 Å². The molecule has 1 heterocycles. The molecular formula is C27H32N2O2. The molecule has 2 aliphatic rings. The van der Waals surface area contributed by atoms with Crippen LogP contribution in [0.2, 0.25) is 0 Å². The summed E-state index contributed by atoms with van der Waals surface area (Å²) >= 11 is 0. The summed E-state index contributed by atoms with van der Waals surface area (Å²) in [5.41, 5.74) is 4.96. The van der Waals surface area contributed by atoms with Crippen LogP contribution in [-0.2, 0) is 9.59 Å². The molecule has 1 fully saturated rings. The largest absolute Gasteiger partial charge is 0.339 e. The average Bonchev–Trinajstić information content (AvgIpc) is 2.98. The maximum absolute atomic E-state index is 13.8. The molecule has 1 aliphatic heterocycles. The minimum absolute atomic E-state index is 0.0114. The second-order valence-electron chi connectivity index (χ2n) is 8.92. The number of carbonyl (C=O) groups excluding carboxylic acids is 2. The van der Waals surface area contributed by atoms with Crippen molar-refractivity contribution in [2.75, 3.05) is 11.9 Å². The van der Waals surface area contributed by atoms with Gasteiger partial charge in [-0.15, -0.1) is 0 Å². The van der Waals surface area contributed by atoms with E-state index in [9.17, 15) is 9.59 Å². The Hall–Kier alpha value is -2.88. The van der Waals surface area contributed by atoms with E-state index in [-0.39, 0.29) is 17.9 Å². The van der Waals surface area contributed by atoms with Crippen molar-refractivity contribution in [1.82, 2.24) is 4.90 Å². The number of benzene rings is 2. The SMILES string of the molecule is Cc1ccc(C2=C(N(C)c3ccccc3)C(=O)N(C3CCCCCCC3)C2=O)c(C)c1. The van der Waals surface area contributed by atoms with Crippen LogP contribution in [-0.4, -0.2) is 29.8 Å². The van der Waals surface area contributed by atoms with Crippen LogP contribution >= 0.6 is 0 Å². The van der Waals surface area contributed by atoms with Crippen molar-refractivity contribution in [3.05, 3.63) is 70.9 Å². The van der Waals surface area contributed by atoms with Gasteiger partial charge in [0, 0.05) is 18.8 Å². The molecule has 0 spiro atoms. The van der Waals surface area contributed by atoms with Crippen LogP contribution in [0.15, 0.2) is 54.2 Å². The van der Waals surface area contributed by atoms with E-state index in [0.717, 1.165) is 48.1 Å². The minimum atomic E-state index is -0.156. The van der Waals surface area contributed by atoms with Crippen molar-refractivity contribution in [1.29, 1.82) is 0 Å². The molecule has 4 rings (SSSR count). The Labute approximate surface area is 185 Å². The molecule has 2 amide bonds. The van der Waals surface area contributed by atoms with Gasteiger partial charge < -0.3 is 4.90 Å². The maximum atomic E-state index is 13.8. The predicted octanol–water partition coefficient (Wildman–Crippen LogP) is 5.63. The number of carbonyl (C=O) groups is 2. The fourth-order valence-corrected chi connectivity index (χ4v) is 4.99. The first-order chi connectivity index (χ1) is 15.0. The number of rotatable bonds is 4. The van der Waals surface area contributed by atoms with Crippen LogP contribution in [0.5, 0.6) is 0 Å². The minimum Gasteiger partial charge on any atom is -0.339 e.